The predicted octanol–water partition coefficient (Wildman–Crippen LogP) is 4.77. The van der Waals surface area contributed by atoms with Gasteiger partial charge in [0.15, 0.2) is 9.84 Å². The van der Waals surface area contributed by atoms with Crippen molar-refractivity contribution in [1.82, 2.24) is 9.55 Å². The molecule has 3 aromatic carbocycles. The highest BCUT2D eigenvalue weighted by molar-refractivity contribution is 7.90. The van der Waals surface area contributed by atoms with Crippen molar-refractivity contribution in [2.75, 3.05) is 13.4 Å². The van der Waals surface area contributed by atoms with Crippen molar-refractivity contribution in [2.24, 2.45) is 0 Å². The van der Waals surface area contributed by atoms with E-state index in [9.17, 15) is 8.42 Å². The average Bonchev–Trinajstić information content (AvgIpc) is 3.23. The summed E-state index contributed by atoms with van der Waals surface area (Å²) >= 11 is 0. The maximum Gasteiger partial charge on any atom is 0.175 e. The van der Waals surface area contributed by atoms with Crippen LogP contribution in [-0.4, -0.2) is 31.3 Å². The first-order valence-electron chi connectivity index (χ1n) is 11.1. The lowest BCUT2D eigenvalue weighted by Gasteiger charge is -2.22. The second kappa shape index (κ2) is 9.08. The van der Waals surface area contributed by atoms with Crippen LogP contribution < -0.4 is 4.74 Å². The molecule has 1 aliphatic rings. The van der Waals surface area contributed by atoms with E-state index in [1.54, 1.807) is 19.2 Å². The zero-order valence-electron chi connectivity index (χ0n) is 19.2. The molecule has 0 spiro atoms. The van der Waals surface area contributed by atoms with Gasteiger partial charge in [0, 0.05) is 17.5 Å². The quantitative estimate of drug-likeness (QED) is 0.386. The van der Waals surface area contributed by atoms with Crippen LogP contribution in [-0.2, 0) is 40.6 Å². The van der Waals surface area contributed by atoms with Crippen LogP contribution in [0.3, 0.4) is 0 Å². The third-order valence-corrected chi connectivity index (χ3v) is 7.22. The Morgan fingerprint density at radius 1 is 0.941 bits per heavy atom. The van der Waals surface area contributed by atoms with Gasteiger partial charge in [-0.15, -0.1) is 0 Å². The maximum atomic E-state index is 12.1. The number of aromatic nitrogens is 2. The number of fused-ring (bicyclic) bond motifs is 3. The van der Waals surface area contributed by atoms with Crippen molar-refractivity contribution in [2.45, 2.75) is 31.0 Å². The Hall–Kier alpha value is -3.42. The molecule has 0 radical (unpaired) electrons. The fourth-order valence-electron chi connectivity index (χ4n) is 4.37. The summed E-state index contributed by atoms with van der Waals surface area (Å²) in [5.41, 5.74) is 6.03. The molecule has 7 heteroatoms. The summed E-state index contributed by atoms with van der Waals surface area (Å²) in [4.78, 5) is 5.34. The molecular formula is C27H26N2O4S. The number of hydrogen-bond donors (Lipinski definition) is 0. The van der Waals surface area contributed by atoms with E-state index in [1.807, 2.05) is 60.7 Å². The van der Waals surface area contributed by atoms with Gasteiger partial charge in [-0.1, -0.05) is 30.3 Å². The molecule has 5 rings (SSSR count). The van der Waals surface area contributed by atoms with Gasteiger partial charge in [0.2, 0.25) is 0 Å². The summed E-state index contributed by atoms with van der Waals surface area (Å²) in [6.07, 6.45) is 2.75. The van der Waals surface area contributed by atoms with Gasteiger partial charge in [0.05, 0.1) is 36.6 Å². The number of nitrogens with zero attached hydrogens (tertiary/aromatic N) is 2. The smallest absolute Gasteiger partial charge is 0.175 e. The second-order valence-corrected chi connectivity index (χ2v) is 10.4. The third-order valence-electron chi connectivity index (χ3n) is 6.11. The summed E-state index contributed by atoms with van der Waals surface area (Å²) in [7, 11) is -1.63. The summed E-state index contributed by atoms with van der Waals surface area (Å²) < 4.78 is 37.7. The highest BCUT2D eigenvalue weighted by Crippen LogP contribution is 2.35. The number of sulfone groups is 1. The van der Waals surface area contributed by atoms with Gasteiger partial charge in [-0.25, -0.2) is 13.4 Å². The van der Waals surface area contributed by atoms with E-state index >= 15 is 0 Å². The van der Waals surface area contributed by atoms with E-state index in [0.717, 1.165) is 58.2 Å². The van der Waals surface area contributed by atoms with Crippen LogP contribution in [0.25, 0.3) is 17.1 Å². The van der Waals surface area contributed by atoms with Crippen molar-refractivity contribution in [1.29, 1.82) is 0 Å². The molecule has 0 bridgehead atoms. The van der Waals surface area contributed by atoms with Crippen molar-refractivity contribution < 1.29 is 17.9 Å². The highest BCUT2D eigenvalue weighted by atomic mass is 32.2. The molecule has 0 N–H and O–H groups in total. The summed E-state index contributed by atoms with van der Waals surface area (Å²) in [6, 6.07) is 23.2. The zero-order chi connectivity index (χ0) is 23.7. The molecule has 0 amide bonds. The van der Waals surface area contributed by atoms with Crippen LogP contribution in [0.5, 0.6) is 5.75 Å². The Morgan fingerprint density at radius 2 is 1.71 bits per heavy atom. The standard InChI is InChI=1S/C27H26N2O4S/c1-32-22-11-8-20(9-12-22)27-28-24(18-33-17-19-6-4-3-5-7-19)26-14-10-21-16-23(34(2,30)31)13-15-25(21)29(26)27/h3-9,11-13,15-16H,10,14,17-18H2,1-2H3. The highest BCUT2D eigenvalue weighted by Gasteiger charge is 2.26. The van der Waals surface area contributed by atoms with Crippen LogP contribution in [0.1, 0.15) is 22.5 Å². The fraction of sp³-hybridized carbons (Fsp3) is 0.222. The molecule has 2 heterocycles. The Bertz CT molecular complexity index is 1430. The molecule has 0 unspecified atom stereocenters. The second-order valence-electron chi connectivity index (χ2n) is 8.43. The molecule has 174 valence electrons. The van der Waals surface area contributed by atoms with Gasteiger partial charge in [0.1, 0.15) is 11.6 Å². The Kier molecular flexibility index (Phi) is 5.98. The van der Waals surface area contributed by atoms with E-state index in [1.165, 1.54) is 6.26 Å². The zero-order valence-corrected chi connectivity index (χ0v) is 20.0. The van der Waals surface area contributed by atoms with Crippen molar-refractivity contribution in [3.63, 3.8) is 0 Å². The minimum absolute atomic E-state index is 0.340. The number of ether oxygens (including phenoxy) is 2. The van der Waals surface area contributed by atoms with Crippen LogP contribution >= 0.6 is 0 Å². The topological polar surface area (TPSA) is 70.4 Å². The minimum Gasteiger partial charge on any atom is -0.497 e. The number of imidazole rings is 1. The Morgan fingerprint density at radius 3 is 2.41 bits per heavy atom. The van der Waals surface area contributed by atoms with Gasteiger partial charge in [-0.05, 0) is 66.4 Å². The first-order chi connectivity index (χ1) is 16.4. The van der Waals surface area contributed by atoms with Gasteiger partial charge < -0.3 is 9.47 Å². The normalized spacial score (nSPS) is 12.8. The molecule has 0 atom stereocenters. The first-order valence-corrected chi connectivity index (χ1v) is 13.0. The van der Waals surface area contributed by atoms with E-state index in [-0.39, 0.29) is 0 Å². The molecule has 34 heavy (non-hydrogen) atoms. The molecule has 0 fully saturated rings. The molecule has 4 aromatic rings. The first kappa shape index (κ1) is 22.4. The number of aryl methyl sites for hydroxylation is 1. The number of methoxy groups -OCH3 is 1. The predicted molar refractivity (Wildman–Crippen MR) is 131 cm³/mol. The lowest BCUT2D eigenvalue weighted by Crippen LogP contribution is -2.15. The van der Waals surface area contributed by atoms with Gasteiger partial charge >= 0.3 is 0 Å². The monoisotopic (exact) mass is 474 g/mol. The maximum absolute atomic E-state index is 12.1. The van der Waals surface area contributed by atoms with Crippen molar-refractivity contribution in [3.05, 3.63) is 95.3 Å². The van der Waals surface area contributed by atoms with Crippen molar-refractivity contribution >= 4 is 9.84 Å². The van der Waals surface area contributed by atoms with Crippen LogP contribution in [0.4, 0.5) is 0 Å². The number of hydrogen-bond acceptors (Lipinski definition) is 5. The lowest BCUT2D eigenvalue weighted by molar-refractivity contribution is 0.104. The van der Waals surface area contributed by atoms with E-state index < -0.39 is 9.84 Å². The SMILES string of the molecule is COc1ccc(-c2nc(COCc3ccccc3)c3n2-c2ccc(S(C)(=O)=O)cc2CC3)cc1. The summed E-state index contributed by atoms with van der Waals surface area (Å²) in [5, 5.41) is 0. The van der Waals surface area contributed by atoms with Crippen LogP contribution in [0, 0.1) is 0 Å². The molecule has 1 aliphatic heterocycles. The number of benzene rings is 3. The average molecular weight is 475 g/mol. The van der Waals surface area contributed by atoms with Crippen LogP contribution in [0.2, 0.25) is 0 Å². The van der Waals surface area contributed by atoms with E-state index in [4.69, 9.17) is 14.5 Å². The lowest BCUT2D eigenvalue weighted by atomic mass is 10.0. The van der Waals surface area contributed by atoms with Crippen molar-refractivity contribution in [3.8, 4) is 22.8 Å². The molecule has 1 aromatic heterocycles. The minimum atomic E-state index is -3.28. The Balaban J connectivity index is 1.55. The van der Waals surface area contributed by atoms with Gasteiger partial charge in [-0.3, -0.25) is 4.57 Å². The van der Waals surface area contributed by atoms with Gasteiger partial charge in [-0.2, -0.15) is 0 Å². The largest absolute Gasteiger partial charge is 0.497 e. The number of rotatable bonds is 7. The van der Waals surface area contributed by atoms with Crippen LogP contribution in [0.15, 0.2) is 77.7 Å². The summed E-state index contributed by atoms with van der Waals surface area (Å²) in [5.74, 6) is 1.59. The third kappa shape index (κ3) is 4.36. The molecular weight excluding hydrogens is 448 g/mol. The molecule has 6 nitrogen and oxygen atoms in total. The Labute approximate surface area is 199 Å². The molecule has 0 aliphatic carbocycles. The fourth-order valence-corrected chi connectivity index (χ4v) is 5.04. The molecule has 0 saturated carbocycles. The van der Waals surface area contributed by atoms with E-state index in [2.05, 4.69) is 4.57 Å². The van der Waals surface area contributed by atoms with E-state index in [0.29, 0.717) is 18.1 Å². The van der Waals surface area contributed by atoms with Gasteiger partial charge in [0.25, 0.3) is 0 Å². The molecule has 0 saturated heterocycles. The summed E-state index contributed by atoms with van der Waals surface area (Å²) in [6.45, 7) is 0.913.